The van der Waals surface area contributed by atoms with Crippen LogP contribution in [-0.4, -0.2) is 54.4 Å². The molecule has 1 aromatic carbocycles. The molecule has 2 aromatic rings. The normalized spacial score (nSPS) is 17.2. The largest absolute Gasteiger partial charge is 0.472 e. The van der Waals surface area contributed by atoms with E-state index in [-0.39, 0.29) is 5.91 Å². The number of aromatic nitrogens is 2. The number of likely N-dealkylation sites (tertiary alicyclic amines) is 1. The molecule has 0 bridgehead atoms. The van der Waals surface area contributed by atoms with Gasteiger partial charge in [-0.05, 0) is 50.6 Å². The summed E-state index contributed by atoms with van der Waals surface area (Å²) >= 11 is 0. The molecule has 134 valence electrons. The molecule has 7 nitrogen and oxygen atoms in total. The van der Waals surface area contributed by atoms with Gasteiger partial charge < -0.3 is 15.0 Å². The third kappa shape index (κ3) is 3.82. The number of nitrogens with one attached hydrogen (secondary N) is 1. The van der Waals surface area contributed by atoms with Crippen molar-refractivity contribution in [3.8, 4) is 5.88 Å². The lowest BCUT2D eigenvalue weighted by Gasteiger charge is -2.39. The average Bonchev–Trinajstić information content (AvgIpc) is 3.05. The smallest absolute Gasteiger partial charge is 0.278 e. The molecular weight excluding hydrogens is 320 g/mol. The number of piperidine rings is 1. The van der Waals surface area contributed by atoms with Crippen molar-refractivity contribution in [2.24, 2.45) is 0 Å². The van der Waals surface area contributed by atoms with Crippen LogP contribution in [0.2, 0.25) is 0 Å². The maximum absolute atomic E-state index is 13.0. The lowest BCUT2D eigenvalue weighted by molar-refractivity contribution is -0.128. The van der Waals surface area contributed by atoms with Crippen LogP contribution in [0.25, 0.3) is 0 Å². The zero-order chi connectivity index (χ0) is 17.7. The molecule has 0 saturated carbocycles. The lowest BCUT2D eigenvalue weighted by Crippen LogP contribution is -2.51. The fourth-order valence-electron chi connectivity index (χ4n) is 3.24. The number of aryl methyl sites for hydroxylation is 1. The number of hydrogen-bond acceptors (Lipinski definition) is 6. The molecule has 3 rings (SSSR count). The standard InChI is InChI=1S/C18H24N4O3/c1-14-16(21-25-20-14)24-13-10-19-17(23)18(8-11-22(2)12-9-18)15-6-4-3-5-7-15/h3-7H,8-13H2,1-2H3,(H,19,23). The van der Waals surface area contributed by atoms with Crippen molar-refractivity contribution in [1.82, 2.24) is 20.5 Å². The van der Waals surface area contributed by atoms with Gasteiger partial charge in [-0.25, -0.2) is 4.63 Å². The molecule has 0 spiro atoms. The van der Waals surface area contributed by atoms with Crippen molar-refractivity contribution in [3.05, 3.63) is 41.6 Å². The molecule has 0 atom stereocenters. The Morgan fingerprint density at radius 1 is 1.28 bits per heavy atom. The van der Waals surface area contributed by atoms with E-state index in [1.807, 2.05) is 30.3 Å². The van der Waals surface area contributed by atoms with Gasteiger partial charge in [0.25, 0.3) is 5.88 Å². The minimum atomic E-state index is -0.473. The second-order valence-electron chi connectivity index (χ2n) is 6.51. The number of nitrogens with zero attached hydrogens (tertiary/aromatic N) is 3. The van der Waals surface area contributed by atoms with Crippen LogP contribution in [0.1, 0.15) is 24.1 Å². The van der Waals surface area contributed by atoms with Crippen LogP contribution >= 0.6 is 0 Å². The summed E-state index contributed by atoms with van der Waals surface area (Å²) in [5, 5.41) is 10.4. The number of carbonyl (C=O) groups excluding carboxylic acids is 1. The molecule has 7 heteroatoms. The van der Waals surface area contributed by atoms with Gasteiger partial charge in [-0.3, -0.25) is 4.79 Å². The highest BCUT2D eigenvalue weighted by Gasteiger charge is 2.41. The zero-order valence-electron chi connectivity index (χ0n) is 14.7. The van der Waals surface area contributed by atoms with Gasteiger partial charge >= 0.3 is 0 Å². The molecule has 1 aromatic heterocycles. The maximum atomic E-state index is 13.0. The average molecular weight is 344 g/mol. The Kier molecular flexibility index (Phi) is 5.33. The summed E-state index contributed by atoms with van der Waals surface area (Å²) in [6.45, 7) is 4.31. The van der Waals surface area contributed by atoms with Gasteiger partial charge in [0.05, 0.1) is 12.0 Å². The van der Waals surface area contributed by atoms with Crippen molar-refractivity contribution in [3.63, 3.8) is 0 Å². The van der Waals surface area contributed by atoms with Crippen molar-refractivity contribution in [2.75, 3.05) is 33.3 Å². The summed E-state index contributed by atoms with van der Waals surface area (Å²) in [6.07, 6.45) is 1.62. The van der Waals surface area contributed by atoms with Gasteiger partial charge in [-0.1, -0.05) is 35.5 Å². The first-order valence-electron chi connectivity index (χ1n) is 8.56. The quantitative estimate of drug-likeness (QED) is 0.801. The van der Waals surface area contributed by atoms with Crippen LogP contribution in [-0.2, 0) is 10.2 Å². The Labute approximate surface area is 147 Å². The number of rotatable bonds is 6. The molecular formula is C18H24N4O3. The van der Waals surface area contributed by atoms with Crippen molar-refractivity contribution < 1.29 is 14.2 Å². The molecule has 1 amide bonds. The van der Waals surface area contributed by atoms with Crippen molar-refractivity contribution in [1.29, 1.82) is 0 Å². The minimum absolute atomic E-state index is 0.0606. The highest BCUT2D eigenvalue weighted by atomic mass is 16.6. The summed E-state index contributed by atoms with van der Waals surface area (Å²) < 4.78 is 10.1. The lowest BCUT2D eigenvalue weighted by atomic mass is 9.72. The Morgan fingerprint density at radius 3 is 2.64 bits per heavy atom. The highest BCUT2D eigenvalue weighted by Crippen LogP contribution is 2.35. The van der Waals surface area contributed by atoms with E-state index in [1.54, 1.807) is 6.92 Å². The summed E-state index contributed by atoms with van der Waals surface area (Å²) in [7, 11) is 2.09. The topological polar surface area (TPSA) is 80.5 Å². The SMILES string of the molecule is Cc1nonc1OCCNC(=O)C1(c2ccccc2)CCN(C)CC1. The van der Waals surface area contributed by atoms with E-state index >= 15 is 0 Å². The molecule has 0 radical (unpaired) electrons. The maximum Gasteiger partial charge on any atom is 0.278 e. The Morgan fingerprint density at radius 2 is 2.00 bits per heavy atom. The molecule has 0 unspecified atom stereocenters. The number of ether oxygens (including phenoxy) is 1. The molecule has 2 heterocycles. The Balaban J connectivity index is 1.63. The molecule has 25 heavy (non-hydrogen) atoms. The first-order chi connectivity index (χ1) is 12.1. The van der Waals surface area contributed by atoms with Crippen molar-refractivity contribution >= 4 is 5.91 Å². The van der Waals surface area contributed by atoms with E-state index in [4.69, 9.17) is 4.74 Å². The van der Waals surface area contributed by atoms with Crippen LogP contribution in [0, 0.1) is 6.92 Å². The third-order valence-corrected chi connectivity index (χ3v) is 4.84. The first kappa shape index (κ1) is 17.4. The van der Waals surface area contributed by atoms with Crippen LogP contribution < -0.4 is 10.1 Å². The van der Waals surface area contributed by atoms with Gasteiger partial charge in [-0.15, -0.1) is 0 Å². The monoisotopic (exact) mass is 344 g/mol. The Hall–Kier alpha value is -2.41. The fourth-order valence-corrected chi connectivity index (χ4v) is 3.24. The van der Waals surface area contributed by atoms with Crippen LogP contribution in [0.3, 0.4) is 0 Å². The van der Waals surface area contributed by atoms with Crippen LogP contribution in [0.15, 0.2) is 35.0 Å². The van der Waals surface area contributed by atoms with Gasteiger partial charge in [-0.2, -0.15) is 0 Å². The van der Waals surface area contributed by atoms with Crippen LogP contribution in [0.4, 0.5) is 0 Å². The van der Waals surface area contributed by atoms with Crippen molar-refractivity contribution in [2.45, 2.75) is 25.2 Å². The number of carbonyl (C=O) groups is 1. The summed E-state index contributed by atoms with van der Waals surface area (Å²) in [5.41, 5.74) is 1.21. The second kappa shape index (κ2) is 7.65. The zero-order valence-corrected chi connectivity index (χ0v) is 14.7. The van der Waals surface area contributed by atoms with E-state index in [2.05, 4.69) is 32.2 Å². The van der Waals surface area contributed by atoms with E-state index in [0.717, 1.165) is 31.5 Å². The Bertz CT molecular complexity index is 693. The van der Waals surface area contributed by atoms with E-state index < -0.39 is 5.41 Å². The fraction of sp³-hybridized carbons (Fsp3) is 0.500. The molecule has 0 aliphatic carbocycles. The van der Waals surface area contributed by atoms with E-state index in [0.29, 0.717) is 24.7 Å². The molecule has 1 aliphatic rings. The van der Waals surface area contributed by atoms with Gasteiger partial charge in [0.2, 0.25) is 5.91 Å². The summed E-state index contributed by atoms with van der Waals surface area (Å²) in [5.74, 6) is 0.428. The second-order valence-corrected chi connectivity index (χ2v) is 6.51. The van der Waals surface area contributed by atoms with Crippen LogP contribution in [0.5, 0.6) is 5.88 Å². The first-order valence-corrected chi connectivity index (χ1v) is 8.56. The van der Waals surface area contributed by atoms with Gasteiger partial charge in [0.1, 0.15) is 12.3 Å². The molecule has 1 saturated heterocycles. The highest BCUT2D eigenvalue weighted by molar-refractivity contribution is 5.88. The number of amides is 1. The predicted molar refractivity (Wildman–Crippen MR) is 92.4 cm³/mol. The molecule has 1 fully saturated rings. The summed E-state index contributed by atoms with van der Waals surface area (Å²) in [4.78, 5) is 15.3. The number of hydrogen-bond donors (Lipinski definition) is 1. The minimum Gasteiger partial charge on any atom is -0.472 e. The molecule has 1 N–H and O–H groups in total. The van der Waals surface area contributed by atoms with E-state index in [9.17, 15) is 4.79 Å². The summed E-state index contributed by atoms with van der Waals surface area (Å²) in [6, 6.07) is 10.1. The van der Waals surface area contributed by atoms with E-state index in [1.165, 1.54) is 0 Å². The van der Waals surface area contributed by atoms with Gasteiger partial charge in [0.15, 0.2) is 0 Å². The molecule has 1 aliphatic heterocycles. The predicted octanol–water partition coefficient (Wildman–Crippen LogP) is 1.54. The van der Waals surface area contributed by atoms with Gasteiger partial charge in [0, 0.05) is 0 Å². The number of benzene rings is 1. The third-order valence-electron chi connectivity index (χ3n) is 4.84.